The lowest BCUT2D eigenvalue weighted by Crippen LogP contribution is -2.44. The number of nitrogens with one attached hydrogen (secondary N) is 1. The minimum atomic E-state index is -0.391. The molecule has 0 aromatic heterocycles. The molecule has 0 spiro atoms. The molecule has 0 radical (unpaired) electrons. The van der Waals surface area contributed by atoms with Gasteiger partial charge in [-0.2, -0.15) is 5.26 Å². The molecule has 0 heterocycles. The van der Waals surface area contributed by atoms with Crippen molar-refractivity contribution in [3.8, 4) is 6.07 Å². The molecular formula is C16H22N2S. The van der Waals surface area contributed by atoms with Crippen LogP contribution in [-0.4, -0.2) is 16.8 Å². The van der Waals surface area contributed by atoms with Crippen molar-refractivity contribution in [2.24, 2.45) is 0 Å². The molecule has 0 saturated heterocycles. The molecule has 1 aliphatic rings. The first-order valence-electron chi connectivity index (χ1n) is 6.93. The maximum atomic E-state index is 9.40. The SMILES string of the molecule is Cc1cccc(SC(C)CC(C)(C#N)NC2CC2)c1. The molecule has 2 nitrogen and oxygen atoms in total. The van der Waals surface area contributed by atoms with Crippen LogP contribution >= 0.6 is 11.8 Å². The first-order valence-corrected chi connectivity index (χ1v) is 7.81. The number of aryl methyl sites for hydroxylation is 1. The molecule has 1 N–H and O–H groups in total. The van der Waals surface area contributed by atoms with Gasteiger partial charge < -0.3 is 0 Å². The third-order valence-electron chi connectivity index (χ3n) is 3.37. The number of rotatable bonds is 6. The molecule has 102 valence electrons. The van der Waals surface area contributed by atoms with E-state index >= 15 is 0 Å². The van der Waals surface area contributed by atoms with Crippen LogP contribution in [0.15, 0.2) is 29.2 Å². The fourth-order valence-electron chi connectivity index (χ4n) is 2.35. The van der Waals surface area contributed by atoms with Gasteiger partial charge in [-0.1, -0.05) is 24.6 Å². The van der Waals surface area contributed by atoms with Gasteiger partial charge in [0.15, 0.2) is 0 Å². The Morgan fingerprint density at radius 2 is 2.26 bits per heavy atom. The lowest BCUT2D eigenvalue weighted by atomic mass is 9.98. The maximum absolute atomic E-state index is 9.40. The Morgan fingerprint density at radius 3 is 2.84 bits per heavy atom. The van der Waals surface area contributed by atoms with Crippen LogP contribution in [0.2, 0.25) is 0 Å². The summed E-state index contributed by atoms with van der Waals surface area (Å²) in [5, 5.41) is 13.3. The van der Waals surface area contributed by atoms with Gasteiger partial charge in [-0.25, -0.2) is 0 Å². The van der Waals surface area contributed by atoms with Crippen LogP contribution in [0.1, 0.15) is 38.7 Å². The van der Waals surface area contributed by atoms with E-state index < -0.39 is 5.54 Å². The van der Waals surface area contributed by atoms with E-state index in [0.717, 1.165) is 6.42 Å². The molecule has 0 bridgehead atoms. The van der Waals surface area contributed by atoms with Crippen LogP contribution in [0.5, 0.6) is 0 Å². The summed E-state index contributed by atoms with van der Waals surface area (Å²) in [6, 6.07) is 11.6. The topological polar surface area (TPSA) is 35.8 Å². The van der Waals surface area contributed by atoms with E-state index in [1.165, 1.54) is 23.3 Å². The number of hydrogen-bond acceptors (Lipinski definition) is 3. The Morgan fingerprint density at radius 1 is 1.53 bits per heavy atom. The fourth-order valence-corrected chi connectivity index (χ4v) is 3.64. The Bertz CT molecular complexity index is 476. The minimum Gasteiger partial charge on any atom is -0.297 e. The zero-order valence-corrected chi connectivity index (χ0v) is 12.8. The molecule has 1 saturated carbocycles. The van der Waals surface area contributed by atoms with Gasteiger partial charge in [-0.3, -0.25) is 5.32 Å². The smallest absolute Gasteiger partial charge is 0.105 e. The zero-order chi connectivity index (χ0) is 13.9. The van der Waals surface area contributed by atoms with Crippen LogP contribution in [-0.2, 0) is 0 Å². The third-order valence-corrected chi connectivity index (χ3v) is 4.46. The van der Waals surface area contributed by atoms with Crippen LogP contribution in [0.4, 0.5) is 0 Å². The summed E-state index contributed by atoms with van der Waals surface area (Å²) in [4.78, 5) is 1.29. The van der Waals surface area contributed by atoms with Crippen LogP contribution in [0.25, 0.3) is 0 Å². The Kier molecular flexibility index (Phi) is 4.54. The van der Waals surface area contributed by atoms with E-state index in [4.69, 9.17) is 0 Å². The minimum absolute atomic E-state index is 0.391. The normalized spacial score (nSPS) is 19.5. The number of hydrogen-bond donors (Lipinski definition) is 1. The first kappa shape index (κ1) is 14.4. The van der Waals surface area contributed by atoms with Gasteiger partial charge in [0.1, 0.15) is 5.54 Å². The highest BCUT2D eigenvalue weighted by Gasteiger charge is 2.33. The average Bonchev–Trinajstić information content (AvgIpc) is 3.12. The molecule has 19 heavy (non-hydrogen) atoms. The van der Waals surface area contributed by atoms with Crippen LogP contribution in [0, 0.1) is 18.3 Å². The predicted octanol–water partition coefficient (Wildman–Crippen LogP) is 3.90. The van der Waals surface area contributed by atoms with Gasteiger partial charge in [0.25, 0.3) is 0 Å². The van der Waals surface area contributed by atoms with Crippen molar-refractivity contribution < 1.29 is 0 Å². The molecule has 1 aromatic carbocycles. The fraction of sp³-hybridized carbons (Fsp3) is 0.562. The third kappa shape index (κ3) is 4.56. The molecule has 1 aromatic rings. The molecule has 0 amide bonds. The molecule has 1 fully saturated rings. The molecule has 2 atom stereocenters. The summed E-state index contributed by atoms with van der Waals surface area (Å²) in [7, 11) is 0. The van der Waals surface area contributed by atoms with Crippen LogP contribution < -0.4 is 5.32 Å². The van der Waals surface area contributed by atoms with Crippen molar-refractivity contribution in [3.63, 3.8) is 0 Å². The summed E-state index contributed by atoms with van der Waals surface area (Å²) in [6.07, 6.45) is 3.31. The second-order valence-electron chi connectivity index (χ2n) is 5.81. The summed E-state index contributed by atoms with van der Waals surface area (Å²) >= 11 is 1.86. The lowest BCUT2D eigenvalue weighted by Gasteiger charge is -2.26. The molecule has 2 rings (SSSR count). The van der Waals surface area contributed by atoms with E-state index in [0.29, 0.717) is 11.3 Å². The van der Waals surface area contributed by atoms with E-state index in [-0.39, 0.29) is 0 Å². The molecule has 3 heteroatoms. The van der Waals surface area contributed by atoms with Crippen molar-refractivity contribution >= 4 is 11.8 Å². The van der Waals surface area contributed by atoms with Gasteiger partial charge in [0.05, 0.1) is 6.07 Å². The van der Waals surface area contributed by atoms with Crippen molar-refractivity contribution in [3.05, 3.63) is 29.8 Å². The largest absolute Gasteiger partial charge is 0.297 e. The van der Waals surface area contributed by atoms with Gasteiger partial charge in [-0.15, -0.1) is 11.8 Å². The van der Waals surface area contributed by atoms with Gasteiger partial charge in [0.2, 0.25) is 0 Å². The van der Waals surface area contributed by atoms with Crippen molar-refractivity contribution in [1.82, 2.24) is 5.32 Å². The quantitative estimate of drug-likeness (QED) is 0.799. The Labute approximate surface area is 120 Å². The highest BCUT2D eigenvalue weighted by Crippen LogP contribution is 2.31. The number of thioether (sulfide) groups is 1. The predicted molar refractivity (Wildman–Crippen MR) is 81.3 cm³/mol. The monoisotopic (exact) mass is 274 g/mol. The van der Waals surface area contributed by atoms with Gasteiger partial charge in [0, 0.05) is 16.2 Å². The van der Waals surface area contributed by atoms with Gasteiger partial charge in [-0.05, 0) is 45.2 Å². The number of nitriles is 1. The maximum Gasteiger partial charge on any atom is 0.105 e. The zero-order valence-electron chi connectivity index (χ0n) is 11.9. The van der Waals surface area contributed by atoms with E-state index in [1.807, 2.05) is 18.7 Å². The first-order chi connectivity index (χ1) is 9.00. The number of nitrogens with zero attached hydrogens (tertiary/aromatic N) is 1. The average molecular weight is 274 g/mol. The summed E-state index contributed by atoms with van der Waals surface area (Å²) in [5.41, 5.74) is 0.897. The summed E-state index contributed by atoms with van der Waals surface area (Å²) < 4.78 is 0. The second-order valence-corrected chi connectivity index (χ2v) is 7.32. The lowest BCUT2D eigenvalue weighted by molar-refractivity contribution is 0.415. The summed E-state index contributed by atoms with van der Waals surface area (Å²) in [6.45, 7) is 6.35. The molecule has 0 aliphatic heterocycles. The number of benzene rings is 1. The van der Waals surface area contributed by atoms with Crippen molar-refractivity contribution in [1.29, 1.82) is 5.26 Å². The Balaban J connectivity index is 1.92. The molecule has 1 aliphatic carbocycles. The van der Waals surface area contributed by atoms with E-state index in [2.05, 4.69) is 49.5 Å². The van der Waals surface area contributed by atoms with Gasteiger partial charge >= 0.3 is 0 Å². The Hall–Kier alpha value is -0.980. The highest BCUT2D eigenvalue weighted by atomic mass is 32.2. The van der Waals surface area contributed by atoms with Crippen molar-refractivity contribution in [2.45, 2.75) is 61.8 Å². The van der Waals surface area contributed by atoms with Crippen LogP contribution in [0.3, 0.4) is 0 Å². The molecule has 2 unspecified atom stereocenters. The van der Waals surface area contributed by atoms with E-state index in [9.17, 15) is 5.26 Å². The summed E-state index contributed by atoms with van der Waals surface area (Å²) in [5.74, 6) is 0. The van der Waals surface area contributed by atoms with E-state index in [1.54, 1.807) is 0 Å². The highest BCUT2D eigenvalue weighted by molar-refractivity contribution is 7.99. The second kappa shape index (κ2) is 5.98. The standard InChI is InChI=1S/C16H22N2S/c1-12-5-4-6-15(9-12)19-13(2)10-16(3,11-17)18-14-7-8-14/h4-6,9,13-14,18H,7-8,10H2,1-3H3. The molecular weight excluding hydrogens is 252 g/mol. The van der Waals surface area contributed by atoms with Crippen molar-refractivity contribution in [2.75, 3.05) is 0 Å².